The number of halogens is 4. The molecule has 106 valence electrons. The fraction of sp³-hybridized carbons (Fsp3) is 0.200. The largest absolute Gasteiger partial charge is 0.327 e. The van der Waals surface area contributed by atoms with E-state index in [1.165, 1.54) is 6.07 Å². The molecular weight excluding hydrogens is 364 g/mol. The Morgan fingerprint density at radius 2 is 1.75 bits per heavy atom. The minimum absolute atomic E-state index is 0.122. The van der Waals surface area contributed by atoms with Gasteiger partial charge in [-0.3, -0.25) is 0 Å². The predicted molar refractivity (Wildman–Crippen MR) is 85.9 cm³/mol. The zero-order chi connectivity index (χ0) is 14.7. The lowest BCUT2D eigenvalue weighted by Gasteiger charge is -2.14. The highest BCUT2D eigenvalue weighted by molar-refractivity contribution is 9.10. The molecule has 1 unspecified atom stereocenters. The lowest BCUT2D eigenvalue weighted by atomic mass is 9.99. The standard InChI is InChI=1S/C15H13BrCl2FN/c16-11-5-4-9(14(18)8-11)6-12(20)7-10-2-1-3-13(17)15(10)19/h1-5,8,12H,6-7,20H2. The molecule has 2 N–H and O–H groups in total. The second-order valence-electron chi connectivity index (χ2n) is 4.62. The molecule has 1 nitrogen and oxygen atoms in total. The Balaban J connectivity index is 2.09. The lowest BCUT2D eigenvalue weighted by molar-refractivity contribution is 0.584. The van der Waals surface area contributed by atoms with Crippen LogP contribution in [-0.4, -0.2) is 6.04 Å². The van der Waals surface area contributed by atoms with Crippen LogP contribution in [0.15, 0.2) is 40.9 Å². The summed E-state index contributed by atoms with van der Waals surface area (Å²) in [4.78, 5) is 0. The molecule has 0 saturated heterocycles. The molecule has 0 bridgehead atoms. The van der Waals surface area contributed by atoms with Crippen LogP contribution < -0.4 is 5.73 Å². The molecule has 0 fully saturated rings. The molecule has 0 amide bonds. The van der Waals surface area contributed by atoms with E-state index in [9.17, 15) is 4.39 Å². The monoisotopic (exact) mass is 375 g/mol. The quantitative estimate of drug-likeness (QED) is 0.797. The molecule has 0 radical (unpaired) electrons. The van der Waals surface area contributed by atoms with Gasteiger partial charge in [-0.1, -0.05) is 57.3 Å². The molecule has 0 spiro atoms. The third-order valence-electron chi connectivity index (χ3n) is 3.01. The molecule has 0 aliphatic rings. The minimum atomic E-state index is -0.397. The normalized spacial score (nSPS) is 12.4. The lowest BCUT2D eigenvalue weighted by Crippen LogP contribution is -2.26. The van der Waals surface area contributed by atoms with Gasteiger partial charge in [0.2, 0.25) is 0 Å². The smallest absolute Gasteiger partial charge is 0.145 e. The van der Waals surface area contributed by atoms with E-state index in [0.29, 0.717) is 23.4 Å². The van der Waals surface area contributed by atoms with Crippen molar-refractivity contribution in [2.75, 3.05) is 0 Å². The maximum absolute atomic E-state index is 13.8. The van der Waals surface area contributed by atoms with Crippen molar-refractivity contribution in [1.29, 1.82) is 0 Å². The van der Waals surface area contributed by atoms with Gasteiger partial charge in [0.1, 0.15) is 5.82 Å². The van der Waals surface area contributed by atoms with Gasteiger partial charge in [-0.15, -0.1) is 0 Å². The zero-order valence-electron chi connectivity index (χ0n) is 10.5. The number of hydrogen-bond acceptors (Lipinski definition) is 1. The Bertz CT molecular complexity index is 619. The average Bonchev–Trinajstić information content (AvgIpc) is 2.38. The first-order chi connectivity index (χ1) is 9.47. The predicted octanol–water partition coefficient (Wildman–Crippen LogP) is 5.01. The summed E-state index contributed by atoms with van der Waals surface area (Å²) >= 11 is 15.3. The van der Waals surface area contributed by atoms with Gasteiger partial charge in [0.25, 0.3) is 0 Å². The third-order valence-corrected chi connectivity index (χ3v) is 4.15. The van der Waals surface area contributed by atoms with Crippen LogP contribution in [0.2, 0.25) is 10.0 Å². The Kier molecular flexibility index (Phi) is 5.44. The maximum Gasteiger partial charge on any atom is 0.145 e. The molecule has 1 atom stereocenters. The van der Waals surface area contributed by atoms with Crippen molar-refractivity contribution in [3.05, 3.63) is 67.9 Å². The molecule has 2 rings (SSSR count). The summed E-state index contributed by atoms with van der Waals surface area (Å²) in [5, 5.41) is 0.776. The molecular formula is C15H13BrCl2FN. The highest BCUT2D eigenvalue weighted by Crippen LogP contribution is 2.24. The van der Waals surface area contributed by atoms with Crippen molar-refractivity contribution in [3.8, 4) is 0 Å². The van der Waals surface area contributed by atoms with Crippen LogP contribution in [0, 0.1) is 5.82 Å². The Hall–Kier alpha value is -0.610. The van der Waals surface area contributed by atoms with Gasteiger partial charge in [-0.2, -0.15) is 0 Å². The van der Waals surface area contributed by atoms with Crippen LogP contribution >= 0.6 is 39.1 Å². The van der Waals surface area contributed by atoms with Crippen molar-refractivity contribution in [2.45, 2.75) is 18.9 Å². The van der Waals surface area contributed by atoms with E-state index in [0.717, 1.165) is 10.0 Å². The van der Waals surface area contributed by atoms with Crippen molar-refractivity contribution in [2.24, 2.45) is 5.73 Å². The zero-order valence-corrected chi connectivity index (χ0v) is 13.6. The van der Waals surface area contributed by atoms with E-state index in [-0.39, 0.29) is 11.1 Å². The number of benzene rings is 2. The summed E-state index contributed by atoms with van der Waals surface area (Å²) in [7, 11) is 0. The van der Waals surface area contributed by atoms with Crippen LogP contribution in [0.5, 0.6) is 0 Å². The number of rotatable bonds is 4. The first kappa shape index (κ1) is 15.8. The SMILES string of the molecule is NC(Cc1ccc(Br)cc1Cl)Cc1cccc(Cl)c1F. The van der Waals surface area contributed by atoms with Gasteiger partial charge in [-0.05, 0) is 42.2 Å². The second kappa shape index (κ2) is 6.90. The van der Waals surface area contributed by atoms with Gasteiger partial charge < -0.3 is 5.73 Å². The van der Waals surface area contributed by atoms with Crippen LogP contribution in [0.4, 0.5) is 4.39 Å². The van der Waals surface area contributed by atoms with Crippen LogP contribution in [0.1, 0.15) is 11.1 Å². The Morgan fingerprint density at radius 3 is 2.45 bits per heavy atom. The van der Waals surface area contributed by atoms with E-state index in [4.69, 9.17) is 28.9 Å². The van der Waals surface area contributed by atoms with Gasteiger partial charge in [0.05, 0.1) is 5.02 Å². The molecule has 0 heterocycles. The van der Waals surface area contributed by atoms with Gasteiger partial charge >= 0.3 is 0 Å². The van der Waals surface area contributed by atoms with Gasteiger partial charge in [0, 0.05) is 15.5 Å². The van der Waals surface area contributed by atoms with E-state index in [1.807, 2.05) is 18.2 Å². The molecule has 5 heteroatoms. The summed E-state index contributed by atoms with van der Waals surface area (Å²) in [5.41, 5.74) is 7.56. The molecule has 2 aromatic rings. The molecule has 20 heavy (non-hydrogen) atoms. The van der Waals surface area contributed by atoms with Crippen molar-refractivity contribution in [3.63, 3.8) is 0 Å². The van der Waals surface area contributed by atoms with E-state index in [1.54, 1.807) is 12.1 Å². The highest BCUT2D eigenvalue weighted by atomic mass is 79.9. The molecule has 0 aliphatic heterocycles. The van der Waals surface area contributed by atoms with E-state index < -0.39 is 5.82 Å². The summed E-state index contributed by atoms with van der Waals surface area (Å²) in [6.45, 7) is 0. The molecule has 0 saturated carbocycles. The summed E-state index contributed by atoms with van der Waals surface area (Å²) in [6.07, 6.45) is 0.997. The topological polar surface area (TPSA) is 26.0 Å². The van der Waals surface area contributed by atoms with Crippen molar-refractivity contribution < 1.29 is 4.39 Å². The van der Waals surface area contributed by atoms with E-state index >= 15 is 0 Å². The number of nitrogens with two attached hydrogens (primary N) is 1. The second-order valence-corrected chi connectivity index (χ2v) is 6.35. The maximum atomic E-state index is 13.8. The third kappa shape index (κ3) is 3.95. The van der Waals surface area contributed by atoms with Crippen LogP contribution in [0.3, 0.4) is 0 Å². The summed E-state index contributed by atoms with van der Waals surface area (Å²) in [6, 6.07) is 10.4. The van der Waals surface area contributed by atoms with Crippen LogP contribution in [-0.2, 0) is 12.8 Å². The molecule has 0 aliphatic carbocycles. The first-order valence-corrected chi connectivity index (χ1v) is 7.64. The first-order valence-electron chi connectivity index (χ1n) is 6.09. The minimum Gasteiger partial charge on any atom is -0.327 e. The fourth-order valence-electron chi connectivity index (χ4n) is 2.03. The Labute approximate surface area is 136 Å². The summed E-state index contributed by atoms with van der Waals surface area (Å²) in [5.74, 6) is -0.397. The van der Waals surface area contributed by atoms with Crippen molar-refractivity contribution in [1.82, 2.24) is 0 Å². The molecule has 0 aromatic heterocycles. The van der Waals surface area contributed by atoms with Crippen LogP contribution in [0.25, 0.3) is 0 Å². The van der Waals surface area contributed by atoms with Gasteiger partial charge in [0.15, 0.2) is 0 Å². The van der Waals surface area contributed by atoms with Gasteiger partial charge in [-0.25, -0.2) is 4.39 Å². The fourth-order valence-corrected chi connectivity index (χ4v) is 2.98. The Morgan fingerprint density at radius 1 is 1.05 bits per heavy atom. The van der Waals surface area contributed by atoms with E-state index in [2.05, 4.69) is 15.9 Å². The highest BCUT2D eigenvalue weighted by Gasteiger charge is 2.12. The molecule has 2 aromatic carbocycles. The summed E-state index contributed by atoms with van der Waals surface area (Å²) < 4.78 is 14.7. The average molecular weight is 377 g/mol. The van der Waals surface area contributed by atoms with Crippen molar-refractivity contribution >= 4 is 39.1 Å². The number of hydrogen-bond donors (Lipinski definition) is 1.